The first kappa shape index (κ1) is 9.86. The van der Waals surface area contributed by atoms with Crippen molar-refractivity contribution in [2.75, 3.05) is 0 Å². The zero-order valence-corrected chi connectivity index (χ0v) is 7.80. The average Bonchev–Trinajstić information content (AvgIpc) is 2.10. The van der Waals surface area contributed by atoms with E-state index in [1.54, 1.807) is 6.92 Å². The first-order valence-electron chi connectivity index (χ1n) is 3.81. The summed E-state index contributed by atoms with van der Waals surface area (Å²) in [6, 6.07) is 2.32. The van der Waals surface area contributed by atoms with Gasteiger partial charge in [0.1, 0.15) is 0 Å². The van der Waals surface area contributed by atoms with E-state index in [1.165, 1.54) is 6.07 Å². The van der Waals surface area contributed by atoms with Gasteiger partial charge in [-0.25, -0.2) is 0 Å². The van der Waals surface area contributed by atoms with Crippen molar-refractivity contribution in [1.29, 1.82) is 0 Å². The van der Waals surface area contributed by atoms with E-state index >= 15 is 0 Å². The quantitative estimate of drug-likeness (QED) is 0.569. The Morgan fingerprint density at radius 1 is 1.38 bits per heavy atom. The van der Waals surface area contributed by atoms with Crippen LogP contribution in [0.15, 0.2) is 12.1 Å². The molecule has 0 aliphatic rings. The summed E-state index contributed by atoms with van der Waals surface area (Å²) in [5.41, 5.74) is 0.236. The number of halogens is 1. The number of benzene rings is 1. The minimum atomic E-state index is -0.332. The number of phenolic OH excluding ortho intramolecular Hbond substituents is 2. The van der Waals surface area contributed by atoms with E-state index in [9.17, 15) is 4.79 Å². The Labute approximate surface area is 80.6 Å². The van der Waals surface area contributed by atoms with Gasteiger partial charge in [0.25, 0.3) is 0 Å². The molecule has 0 radical (unpaired) electrons. The monoisotopic (exact) mass is 200 g/mol. The highest BCUT2D eigenvalue weighted by Gasteiger charge is 2.11. The number of Topliss-reactive ketones (excluding diaryl/α,β-unsaturated/α-hetero) is 1. The van der Waals surface area contributed by atoms with Crippen LogP contribution in [0.25, 0.3) is 0 Å². The zero-order chi connectivity index (χ0) is 10.0. The maximum Gasteiger partial charge on any atom is 0.164 e. The number of aromatic hydroxyl groups is 2. The molecular formula is C9H9ClO3. The van der Waals surface area contributed by atoms with Crippen LogP contribution in [-0.4, -0.2) is 16.0 Å². The van der Waals surface area contributed by atoms with Gasteiger partial charge in [-0.15, -0.1) is 0 Å². The van der Waals surface area contributed by atoms with Gasteiger partial charge < -0.3 is 10.2 Å². The van der Waals surface area contributed by atoms with Crippen LogP contribution in [0.1, 0.15) is 23.7 Å². The van der Waals surface area contributed by atoms with Crippen LogP contribution in [0.2, 0.25) is 5.02 Å². The van der Waals surface area contributed by atoms with E-state index in [4.69, 9.17) is 21.8 Å². The SMILES string of the molecule is CCC(=O)c1cc(O)c(O)cc1Cl. The van der Waals surface area contributed by atoms with Gasteiger partial charge in [-0.3, -0.25) is 4.79 Å². The standard InChI is InChI=1S/C9H9ClO3/c1-2-7(11)5-3-8(12)9(13)4-6(5)10/h3-4,12-13H,2H2,1H3. The van der Waals surface area contributed by atoms with E-state index in [2.05, 4.69) is 0 Å². The molecule has 70 valence electrons. The summed E-state index contributed by atoms with van der Waals surface area (Å²) >= 11 is 5.68. The molecular weight excluding hydrogens is 192 g/mol. The van der Waals surface area contributed by atoms with Crippen molar-refractivity contribution in [2.24, 2.45) is 0 Å². The van der Waals surface area contributed by atoms with Crippen molar-refractivity contribution < 1.29 is 15.0 Å². The molecule has 0 aliphatic carbocycles. The maximum atomic E-state index is 11.2. The van der Waals surface area contributed by atoms with Crippen molar-refractivity contribution in [3.63, 3.8) is 0 Å². The molecule has 0 saturated heterocycles. The highest BCUT2D eigenvalue weighted by molar-refractivity contribution is 6.34. The lowest BCUT2D eigenvalue weighted by Gasteiger charge is -2.03. The first-order valence-corrected chi connectivity index (χ1v) is 4.18. The second-order valence-corrected chi connectivity index (χ2v) is 3.00. The summed E-state index contributed by atoms with van der Waals surface area (Å²) in [4.78, 5) is 11.2. The summed E-state index contributed by atoms with van der Waals surface area (Å²) < 4.78 is 0. The molecule has 0 fully saturated rings. The van der Waals surface area contributed by atoms with Crippen LogP contribution in [0.4, 0.5) is 0 Å². The molecule has 13 heavy (non-hydrogen) atoms. The molecule has 0 heterocycles. The normalized spacial score (nSPS) is 10.0. The Kier molecular flexibility index (Phi) is 2.78. The lowest BCUT2D eigenvalue weighted by atomic mass is 10.1. The third kappa shape index (κ3) is 1.92. The lowest BCUT2D eigenvalue weighted by molar-refractivity contribution is 0.0988. The maximum absolute atomic E-state index is 11.2. The van der Waals surface area contributed by atoms with Gasteiger partial charge in [0.05, 0.1) is 5.02 Å². The van der Waals surface area contributed by atoms with Gasteiger partial charge in [0, 0.05) is 18.1 Å². The predicted octanol–water partition coefficient (Wildman–Crippen LogP) is 2.34. The Hall–Kier alpha value is -1.22. The van der Waals surface area contributed by atoms with Crippen LogP contribution in [-0.2, 0) is 0 Å². The van der Waals surface area contributed by atoms with Crippen LogP contribution < -0.4 is 0 Å². The Morgan fingerprint density at radius 2 is 1.92 bits per heavy atom. The summed E-state index contributed by atoms with van der Waals surface area (Å²) in [7, 11) is 0. The summed E-state index contributed by atoms with van der Waals surface area (Å²) in [5, 5.41) is 18.3. The summed E-state index contributed by atoms with van der Waals surface area (Å²) in [6.07, 6.45) is 0.309. The van der Waals surface area contributed by atoms with E-state index < -0.39 is 0 Å². The molecule has 1 aromatic carbocycles. The predicted molar refractivity (Wildman–Crippen MR) is 49.4 cm³/mol. The number of carbonyl (C=O) groups excluding carboxylic acids is 1. The fraction of sp³-hybridized carbons (Fsp3) is 0.222. The van der Waals surface area contributed by atoms with Crippen molar-refractivity contribution in [2.45, 2.75) is 13.3 Å². The number of rotatable bonds is 2. The number of hydrogen-bond donors (Lipinski definition) is 2. The highest BCUT2D eigenvalue weighted by Crippen LogP contribution is 2.31. The molecule has 0 saturated carbocycles. The van der Waals surface area contributed by atoms with Gasteiger partial charge in [-0.1, -0.05) is 18.5 Å². The van der Waals surface area contributed by atoms with E-state index in [-0.39, 0.29) is 27.9 Å². The Balaban J connectivity index is 3.23. The van der Waals surface area contributed by atoms with Crippen LogP contribution in [0.5, 0.6) is 11.5 Å². The second-order valence-electron chi connectivity index (χ2n) is 2.60. The van der Waals surface area contributed by atoms with Crippen LogP contribution >= 0.6 is 11.6 Å². The molecule has 0 unspecified atom stereocenters. The second kappa shape index (κ2) is 3.66. The molecule has 0 aromatic heterocycles. The minimum Gasteiger partial charge on any atom is -0.504 e. The van der Waals surface area contributed by atoms with Crippen molar-refractivity contribution in [3.8, 4) is 11.5 Å². The molecule has 0 spiro atoms. The minimum absolute atomic E-state index is 0.155. The molecule has 2 N–H and O–H groups in total. The zero-order valence-electron chi connectivity index (χ0n) is 7.04. The van der Waals surface area contributed by atoms with Crippen molar-refractivity contribution >= 4 is 17.4 Å². The van der Waals surface area contributed by atoms with Gasteiger partial charge in [0.15, 0.2) is 17.3 Å². The molecule has 0 atom stereocenters. The molecule has 1 aromatic rings. The third-order valence-corrected chi connectivity index (χ3v) is 2.00. The van der Waals surface area contributed by atoms with Crippen molar-refractivity contribution in [1.82, 2.24) is 0 Å². The van der Waals surface area contributed by atoms with Gasteiger partial charge in [-0.05, 0) is 6.07 Å². The van der Waals surface area contributed by atoms with E-state index in [0.717, 1.165) is 6.07 Å². The number of carbonyl (C=O) groups is 1. The molecule has 1 rings (SSSR count). The van der Waals surface area contributed by atoms with E-state index in [0.29, 0.717) is 6.42 Å². The third-order valence-electron chi connectivity index (χ3n) is 1.69. The summed E-state index contributed by atoms with van der Waals surface area (Å²) in [5.74, 6) is -0.820. The molecule has 0 aliphatic heterocycles. The highest BCUT2D eigenvalue weighted by atomic mass is 35.5. The number of ketones is 1. The molecule has 3 nitrogen and oxygen atoms in total. The van der Waals surface area contributed by atoms with Gasteiger partial charge in [0.2, 0.25) is 0 Å². The van der Waals surface area contributed by atoms with E-state index in [1.807, 2.05) is 0 Å². The fourth-order valence-corrected chi connectivity index (χ4v) is 1.22. The molecule has 0 bridgehead atoms. The topological polar surface area (TPSA) is 57.5 Å². The molecule has 0 amide bonds. The largest absolute Gasteiger partial charge is 0.504 e. The lowest BCUT2D eigenvalue weighted by Crippen LogP contribution is -1.97. The Bertz CT molecular complexity index is 347. The van der Waals surface area contributed by atoms with Crippen molar-refractivity contribution in [3.05, 3.63) is 22.7 Å². The average molecular weight is 201 g/mol. The Morgan fingerprint density at radius 3 is 2.46 bits per heavy atom. The van der Waals surface area contributed by atoms with Gasteiger partial charge >= 0.3 is 0 Å². The number of hydrogen-bond acceptors (Lipinski definition) is 3. The smallest absolute Gasteiger partial charge is 0.164 e. The molecule has 4 heteroatoms. The van der Waals surface area contributed by atoms with Crippen LogP contribution in [0.3, 0.4) is 0 Å². The van der Waals surface area contributed by atoms with Gasteiger partial charge in [-0.2, -0.15) is 0 Å². The van der Waals surface area contributed by atoms with Crippen LogP contribution in [0, 0.1) is 0 Å². The summed E-state index contributed by atoms with van der Waals surface area (Å²) in [6.45, 7) is 1.70. The first-order chi connectivity index (χ1) is 6.06. The number of phenols is 2. The fourth-order valence-electron chi connectivity index (χ4n) is 0.955.